The standard InChI is InChI=1S/C20H16ClNO9/c1-8(23)29-19(30-9(2)24)20-6-5-13(31-20)14-15(20)17(26)22(16(14)25)10-3-4-12(21)11(7-10)18(27)28/h3-7,13-15,19H,1-2H3,(H,27,28)/t13-,14-,15+,20+/m0/s1. The fourth-order valence-corrected chi connectivity index (χ4v) is 4.49. The van der Waals surface area contributed by atoms with E-state index in [4.69, 9.17) is 25.8 Å². The summed E-state index contributed by atoms with van der Waals surface area (Å²) in [4.78, 5) is 62.0. The third-order valence-electron chi connectivity index (χ3n) is 5.43. The number of esters is 2. The molecule has 0 aliphatic carbocycles. The number of imide groups is 1. The number of amides is 2. The molecule has 2 amide bonds. The normalized spacial score (nSPS) is 28.3. The molecular weight excluding hydrogens is 434 g/mol. The predicted molar refractivity (Wildman–Crippen MR) is 102 cm³/mol. The summed E-state index contributed by atoms with van der Waals surface area (Å²) in [6.45, 7) is 2.20. The number of halogens is 1. The van der Waals surface area contributed by atoms with Gasteiger partial charge in [0.15, 0.2) is 5.60 Å². The summed E-state index contributed by atoms with van der Waals surface area (Å²) in [6, 6.07) is 3.75. The first-order valence-corrected chi connectivity index (χ1v) is 9.57. The van der Waals surface area contributed by atoms with E-state index in [9.17, 15) is 29.1 Å². The maximum absolute atomic E-state index is 13.4. The van der Waals surface area contributed by atoms with Crippen molar-refractivity contribution in [2.75, 3.05) is 4.90 Å². The van der Waals surface area contributed by atoms with E-state index in [0.717, 1.165) is 24.8 Å². The summed E-state index contributed by atoms with van der Waals surface area (Å²) < 4.78 is 16.1. The van der Waals surface area contributed by atoms with Crippen molar-refractivity contribution in [3.05, 3.63) is 40.9 Å². The van der Waals surface area contributed by atoms with Crippen molar-refractivity contribution in [1.29, 1.82) is 0 Å². The number of aromatic carboxylic acids is 1. The van der Waals surface area contributed by atoms with Crippen LogP contribution in [0.3, 0.4) is 0 Å². The summed E-state index contributed by atoms with van der Waals surface area (Å²) in [5.41, 5.74) is -1.94. The number of carbonyl (C=O) groups is 5. The van der Waals surface area contributed by atoms with Crippen LogP contribution in [0.25, 0.3) is 0 Å². The number of carbonyl (C=O) groups excluding carboxylic acids is 4. The molecule has 4 rings (SSSR count). The Labute approximate surface area is 180 Å². The Morgan fingerprint density at radius 1 is 1.16 bits per heavy atom. The minimum absolute atomic E-state index is 0.0253. The van der Waals surface area contributed by atoms with Crippen LogP contribution in [0.1, 0.15) is 24.2 Å². The van der Waals surface area contributed by atoms with Gasteiger partial charge in [0.1, 0.15) is 0 Å². The second-order valence-electron chi connectivity index (χ2n) is 7.33. The Balaban J connectivity index is 1.76. The summed E-state index contributed by atoms with van der Waals surface area (Å²) >= 11 is 5.89. The lowest BCUT2D eigenvalue weighted by molar-refractivity contribution is -0.226. The van der Waals surface area contributed by atoms with Gasteiger partial charge in [-0.1, -0.05) is 17.7 Å². The number of hydrogen-bond acceptors (Lipinski definition) is 8. The lowest BCUT2D eigenvalue weighted by atomic mass is 9.76. The summed E-state index contributed by atoms with van der Waals surface area (Å²) in [5.74, 6) is -6.31. The molecule has 2 bridgehead atoms. The average molecular weight is 450 g/mol. The lowest BCUT2D eigenvalue weighted by Gasteiger charge is -2.34. The molecule has 10 nitrogen and oxygen atoms in total. The highest BCUT2D eigenvalue weighted by Crippen LogP contribution is 2.54. The van der Waals surface area contributed by atoms with Gasteiger partial charge in [0.25, 0.3) is 6.29 Å². The molecule has 3 aliphatic rings. The highest BCUT2D eigenvalue weighted by Gasteiger charge is 2.72. The first-order chi connectivity index (χ1) is 14.6. The van der Waals surface area contributed by atoms with Gasteiger partial charge in [0.05, 0.1) is 34.2 Å². The van der Waals surface area contributed by atoms with Gasteiger partial charge < -0.3 is 19.3 Å². The van der Waals surface area contributed by atoms with Crippen molar-refractivity contribution in [2.24, 2.45) is 11.8 Å². The monoisotopic (exact) mass is 449 g/mol. The largest absolute Gasteiger partial charge is 0.478 e. The van der Waals surface area contributed by atoms with Crippen molar-refractivity contribution in [3.63, 3.8) is 0 Å². The molecule has 1 aromatic rings. The number of hydrogen-bond donors (Lipinski definition) is 1. The molecule has 0 unspecified atom stereocenters. The molecule has 2 fully saturated rings. The van der Waals surface area contributed by atoms with E-state index in [1.165, 1.54) is 18.2 Å². The first kappa shape index (κ1) is 21.0. The van der Waals surface area contributed by atoms with E-state index in [0.29, 0.717) is 0 Å². The molecule has 2 saturated heterocycles. The molecular formula is C20H16ClNO9. The Bertz CT molecular complexity index is 1050. The van der Waals surface area contributed by atoms with Crippen molar-refractivity contribution < 1.29 is 43.3 Å². The molecule has 0 aromatic heterocycles. The Hall–Kier alpha value is -3.24. The third-order valence-corrected chi connectivity index (χ3v) is 5.76. The zero-order chi connectivity index (χ0) is 22.7. The Morgan fingerprint density at radius 2 is 1.81 bits per heavy atom. The smallest absolute Gasteiger partial charge is 0.337 e. The van der Waals surface area contributed by atoms with E-state index < -0.39 is 59.6 Å². The molecule has 3 heterocycles. The van der Waals surface area contributed by atoms with Crippen LogP contribution >= 0.6 is 11.6 Å². The average Bonchev–Trinajstić information content (AvgIpc) is 3.32. The second-order valence-corrected chi connectivity index (χ2v) is 7.74. The van der Waals surface area contributed by atoms with Crippen LogP contribution in [0.4, 0.5) is 5.69 Å². The number of fused-ring (bicyclic) bond motifs is 5. The third kappa shape index (κ3) is 3.10. The number of anilines is 1. The van der Waals surface area contributed by atoms with Crippen molar-refractivity contribution in [1.82, 2.24) is 0 Å². The minimum atomic E-state index is -1.68. The number of carboxylic acid groups (broad SMARTS) is 1. The van der Waals surface area contributed by atoms with Crippen LogP contribution in [0.5, 0.6) is 0 Å². The lowest BCUT2D eigenvalue weighted by Crippen LogP contribution is -2.52. The fourth-order valence-electron chi connectivity index (χ4n) is 4.29. The van der Waals surface area contributed by atoms with Crippen LogP contribution in [-0.4, -0.2) is 52.8 Å². The van der Waals surface area contributed by atoms with E-state index in [1.807, 2.05) is 0 Å². The van der Waals surface area contributed by atoms with Crippen molar-refractivity contribution in [3.8, 4) is 0 Å². The molecule has 3 aliphatic heterocycles. The van der Waals surface area contributed by atoms with Crippen LogP contribution in [0.2, 0.25) is 5.02 Å². The zero-order valence-electron chi connectivity index (χ0n) is 16.2. The zero-order valence-corrected chi connectivity index (χ0v) is 17.0. The summed E-state index contributed by atoms with van der Waals surface area (Å²) in [5, 5.41) is 9.25. The predicted octanol–water partition coefficient (Wildman–Crippen LogP) is 1.30. The quantitative estimate of drug-likeness (QED) is 0.305. The summed E-state index contributed by atoms with van der Waals surface area (Å²) in [7, 11) is 0. The van der Waals surface area contributed by atoms with Gasteiger partial charge in [-0.3, -0.25) is 19.2 Å². The highest BCUT2D eigenvalue weighted by atomic mass is 35.5. The van der Waals surface area contributed by atoms with Gasteiger partial charge in [-0.15, -0.1) is 0 Å². The topological polar surface area (TPSA) is 137 Å². The molecule has 162 valence electrons. The maximum atomic E-state index is 13.4. The highest BCUT2D eigenvalue weighted by molar-refractivity contribution is 6.34. The SMILES string of the molecule is CC(=O)OC(OC(C)=O)[C@]12C=C[C@H](O1)[C@@H]1C(=O)N(c3ccc(Cl)c(C(=O)O)c3)C(=O)[C@@H]12. The molecule has 0 spiro atoms. The number of carboxylic acids is 1. The molecule has 4 atom stereocenters. The van der Waals surface area contributed by atoms with Crippen LogP contribution in [0.15, 0.2) is 30.4 Å². The molecule has 0 saturated carbocycles. The van der Waals surface area contributed by atoms with E-state index in [-0.39, 0.29) is 16.3 Å². The van der Waals surface area contributed by atoms with Crippen molar-refractivity contribution >= 4 is 47.0 Å². The van der Waals surface area contributed by atoms with Gasteiger partial charge in [-0.2, -0.15) is 0 Å². The van der Waals surface area contributed by atoms with E-state index >= 15 is 0 Å². The van der Waals surface area contributed by atoms with Crippen LogP contribution in [0, 0.1) is 11.8 Å². The van der Waals surface area contributed by atoms with Gasteiger partial charge >= 0.3 is 17.9 Å². The molecule has 11 heteroatoms. The number of nitrogens with zero attached hydrogens (tertiary/aromatic N) is 1. The fraction of sp³-hybridized carbons (Fsp3) is 0.350. The minimum Gasteiger partial charge on any atom is -0.478 e. The number of rotatable bonds is 5. The van der Waals surface area contributed by atoms with E-state index in [2.05, 4.69) is 0 Å². The number of benzene rings is 1. The first-order valence-electron chi connectivity index (χ1n) is 9.19. The summed E-state index contributed by atoms with van der Waals surface area (Å²) in [6.07, 6.45) is 0.594. The van der Waals surface area contributed by atoms with E-state index in [1.54, 1.807) is 6.08 Å². The molecule has 1 aromatic carbocycles. The second kappa shape index (κ2) is 7.17. The van der Waals surface area contributed by atoms with Gasteiger partial charge in [0, 0.05) is 13.8 Å². The molecule has 1 N–H and O–H groups in total. The molecule has 31 heavy (non-hydrogen) atoms. The number of ether oxygens (including phenoxy) is 3. The van der Waals surface area contributed by atoms with Gasteiger partial charge in [-0.05, 0) is 24.3 Å². The maximum Gasteiger partial charge on any atom is 0.337 e. The van der Waals surface area contributed by atoms with Gasteiger partial charge in [0.2, 0.25) is 11.8 Å². The van der Waals surface area contributed by atoms with Crippen molar-refractivity contribution in [2.45, 2.75) is 31.8 Å². The molecule has 0 radical (unpaired) electrons. The van der Waals surface area contributed by atoms with Crippen LogP contribution in [-0.2, 0) is 33.4 Å². The van der Waals surface area contributed by atoms with Crippen LogP contribution < -0.4 is 4.90 Å². The Kier molecular flexibility index (Phi) is 4.86. The Morgan fingerprint density at radius 3 is 2.39 bits per heavy atom. The van der Waals surface area contributed by atoms with Gasteiger partial charge in [-0.25, -0.2) is 9.69 Å².